The van der Waals surface area contributed by atoms with Gasteiger partial charge in [-0.25, -0.2) is 0 Å². The highest BCUT2D eigenvalue weighted by Crippen LogP contribution is 2.52. The van der Waals surface area contributed by atoms with Crippen LogP contribution in [0.5, 0.6) is 0 Å². The van der Waals surface area contributed by atoms with Crippen LogP contribution in [0.4, 0.5) is 0 Å². The minimum Gasteiger partial charge on any atom is -0.386 e. The number of hydrogen-bond donors (Lipinski definition) is 1. The van der Waals surface area contributed by atoms with E-state index in [1.54, 1.807) is 13.8 Å². The van der Waals surface area contributed by atoms with Crippen LogP contribution < -0.4 is 0 Å². The third-order valence-corrected chi connectivity index (χ3v) is 8.33. The van der Waals surface area contributed by atoms with Gasteiger partial charge in [0.15, 0.2) is 0 Å². The molecule has 0 fully saturated rings. The van der Waals surface area contributed by atoms with Crippen molar-refractivity contribution < 1.29 is 5.11 Å². The van der Waals surface area contributed by atoms with Crippen molar-refractivity contribution in [2.75, 3.05) is 0 Å². The summed E-state index contributed by atoms with van der Waals surface area (Å²) in [6, 6.07) is 27.0. The molecule has 0 aliphatic heterocycles. The summed E-state index contributed by atoms with van der Waals surface area (Å²) in [6.45, 7) is 8.18. The molecule has 1 aliphatic rings. The fourth-order valence-electron chi connectivity index (χ4n) is 4.80. The van der Waals surface area contributed by atoms with Crippen molar-refractivity contribution in [1.82, 2.24) is 0 Å². The van der Waals surface area contributed by atoms with Crippen molar-refractivity contribution in [3.8, 4) is 22.3 Å². The van der Waals surface area contributed by atoms with Gasteiger partial charge in [0.05, 0.1) is 5.60 Å². The SMILES string of the molecule is C.C.CC(C)(O)c1ccccc1-c1cc(Br)cc(Br)c1.CC1(C)c2ccccc2-c2cc(Br)cc(Br)c21. The van der Waals surface area contributed by atoms with Crippen LogP contribution in [-0.4, -0.2) is 5.11 Å². The van der Waals surface area contributed by atoms with E-state index >= 15 is 0 Å². The van der Waals surface area contributed by atoms with Gasteiger partial charge in [0, 0.05) is 23.3 Å². The van der Waals surface area contributed by atoms with E-state index in [2.05, 4.69) is 126 Å². The first kappa shape index (κ1) is 32.0. The molecule has 5 heteroatoms. The molecular weight excluding hydrogens is 720 g/mol. The van der Waals surface area contributed by atoms with Crippen LogP contribution in [0.15, 0.2) is 96.8 Å². The molecule has 1 nitrogen and oxygen atoms in total. The lowest BCUT2D eigenvalue weighted by atomic mass is 9.82. The highest BCUT2D eigenvalue weighted by molar-refractivity contribution is 9.11. The quantitative estimate of drug-likeness (QED) is 0.216. The van der Waals surface area contributed by atoms with Gasteiger partial charge in [-0.3, -0.25) is 0 Å². The Morgan fingerprint density at radius 2 is 1.16 bits per heavy atom. The largest absolute Gasteiger partial charge is 0.386 e. The number of hydrogen-bond acceptors (Lipinski definition) is 1. The first-order chi connectivity index (χ1) is 16.4. The smallest absolute Gasteiger partial charge is 0.0846 e. The summed E-state index contributed by atoms with van der Waals surface area (Å²) in [5.74, 6) is 0. The Balaban J connectivity index is 0.000000247. The zero-order valence-corrected chi connectivity index (χ0v) is 26.3. The lowest BCUT2D eigenvalue weighted by Crippen LogP contribution is -2.16. The fraction of sp³-hybridized carbons (Fsp3) is 0.250. The molecule has 0 bridgehead atoms. The molecule has 1 N–H and O–H groups in total. The van der Waals surface area contributed by atoms with Crippen LogP contribution in [0.25, 0.3) is 22.3 Å². The van der Waals surface area contributed by atoms with E-state index in [9.17, 15) is 5.11 Å². The predicted octanol–water partition coefficient (Wildman–Crippen LogP) is 11.9. The predicted molar refractivity (Wildman–Crippen MR) is 175 cm³/mol. The zero-order valence-electron chi connectivity index (χ0n) is 20.0. The van der Waals surface area contributed by atoms with Crippen LogP contribution >= 0.6 is 63.7 Å². The lowest BCUT2D eigenvalue weighted by Gasteiger charge is -2.22. The van der Waals surface area contributed by atoms with E-state index in [0.29, 0.717) is 0 Å². The highest BCUT2D eigenvalue weighted by atomic mass is 79.9. The number of benzene rings is 4. The molecule has 0 atom stereocenters. The number of rotatable bonds is 2. The Bertz CT molecular complexity index is 1380. The second kappa shape index (κ2) is 12.3. The van der Waals surface area contributed by atoms with Gasteiger partial charge in [-0.2, -0.15) is 0 Å². The van der Waals surface area contributed by atoms with Crippen LogP contribution in [0.3, 0.4) is 0 Å². The molecule has 0 saturated heterocycles. The molecule has 0 radical (unpaired) electrons. The molecule has 196 valence electrons. The second-order valence-electron chi connectivity index (χ2n) is 9.74. The number of aliphatic hydroxyl groups is 1. The van der Waals surface area contributed by atoms with Crippen molar-refractivity contribution in [2.24, 2.45) is 0 Å². The van der Waals surface area contributed by atoms with Crippen molar-refractivity contribution in [3.63, 3.8) is 0 Å². The minimum absolute atomic E-state index is 0. The van der Waals surface area contributed by atoms with E-state index in [-0.39, 0.29) is 20.3 Å². The molecular formula is C32H34Br4O. The Morgan fingerprint density at radius 1 is 0.649 bits per heavy atom. The van der Waals surface area contributed by atoms with E-state index in [0.717, 1.165) is 30.1 Å². The summed E-state index contributed by atoms with van der Waals surface area (Å²) in [5, 5.41) is 10.2. The van der Waals surface area contributed by atoms with Gasteiger partial charge in [-0.05, 0) is 83.1 Å². The molecule has 4 aromatic carbocycles. The molecule has 5 rings (SSSR count). The molecule has 4 aromatic rings. The topological polar surface area (TPSA) is 20.2 Å². The summed E-state index contributed by atoms with van der Waals surface area (Å²) in [6.07, 6.45) is 0. The van der Waals surface area contributed by atoms with Crippen molar-refractivity contribution in [3.05, 3.63) is 113 Å². The highest BCUT2D eigenvalue weighted by Gasteiger charge is 2.36. The Hall–Kier alpha value is -1.24. The van der Waals surface area contributed by atoms with Gasteiger partial charge in [-0.1, -0.05) is 141 Å². The molecule has 1 aliphatic carbocycles. The molecule has 0 amide bonds. The summed E-state index contributed by atoms with van der Waals surface area (Å²) in [7, 11) is 0. The zero-order chi connectivity index (χ0) is 25.5. The average Bonchev–Trinajstić information content (AvgIpc) is 3.00. The van der Waals surface area contributed by atoms with E-state index in [1.165, 1.54) is 26.7 Å². The lowest BCUT2D eigenvalue weighted by molar-refractivity contribution is 0.0792. The first-order valence-electron chi connectivity index (χ1n) is 11.3. The van der Waals surface area contributed by atoms with Gasteiger partial charge in [0.25, 0.3) is 0 Å². The van der Waals surface area contributed by atoms with E-state index in [1.807, 2.05) is 30.3 Å². The summed E-state index contributed by atoms with van der Waals surface area (Å²) >= 11 is 14.3. The van der Waals surface area contributed by atoms with Gasteiger partial charge < -0.3 is 5.11 Å². The number of fused-ring (bicyclic) bond motifs is 3. The summed E-state index contributed by atoms with van der Waals surface area (Å²) < 4.78 is 4.33. The maximum absolute atomic E-state index is 10.2. The first-order valence-corrected chi connectivity index (χ1v) is 14.4. The maximum Gasteiger partial charge on any atom is 0.0846 e. The molecule has 0 saturated carbocycles. The van der Waals surface area contributed by atoms with Crippen LogP contribution in [0.1, 0.15) is 59.2 Å². The summed E-state index contributed by atoms with van der Waals surface area (Å²) in [4.78, 5) is 0. The van der Waals surface area contributed by atoms with E-state index in [4.69, 9.17) is 0 Å². The standard InChI is InChI=1S/C15H14Br2O.C15H12Br2.2CH4/c1-15(2,18)14-6-4-3-5-13(14)10-7-11(16)9-12(17)8-10;1-15(2)12-6-4-3-5-10(12)11-7-9(16)8-13(17)14(11)15;;/h3-9,18H,1-2H3;3-8H,1-2H3;2*1H4. The minimum atomic E-state index is -0.856. The van der Waals surface area contributed by atoms with Crippen molar-refractivity contribution >= 4 is 63.7 Å². The Labute approximate surface area is 256 Å². The van der Waals surface area contributed by atoms with Crippen molar-refractivity contribution in [1.29, 1.82) is 0 Å². The maximum atomic E-state index is 10.2. The third-order valence-electron chi connectivity index (χ3n) is 6.33. The van der Waals surface area contributed by atoms with Gasteiger partial charge in [0.1, 0.15) is 0 Å². The van der Waals surface area contributed by atoms with Gasteiger partial charge >= 0.3 is 0 Å². The molecule has 37 heavy (non-hydrogen) atoms. The van der Waals surface area contributed by atoms with Crippen molar-refractivity contribution in [2.45, 2.75) is 53.6 Å². The van der Waals surface area contributed by atoms with E-state index < -0.39 is 5.60 Å². The Kier molecular flexibility index (Phi) is 10.6. The Morgan fingerprint density at radius 3 is 1.76 bits per heavy atom. The van der Waals surface area contributed by atoms with Gasteiger partial charge in [0.2, 0.25) is 0 Å². The summed E-state index contributed by atoms with van der Waals surface area (Å²) in [5.41, 5.74) is 7.77. The fourth-order valence-corrected chi connectivity index (χ4v) is 7.81. The normalized spacial score (nSPS) is 12.8. The van der Waals surface area contributed by atoms with Crippen LogP contribution in [-0.2, 0) is 11.0 Å². The van der Waals surface area contributed by atoms with Crippen LogP contribution in [0, 0.1) is 0 Å². The van der Waals surface area contributed by atoms with Gasteiger partial charge in [-0.15, -0.1) is 0 Å². The monoisotopic (exact) mass is 750 g/mol. The van der Waals surface area contributed by atoms with Crippen LogP contribution in [0.2, 0.25) is 0 Å². The molecule has 0 unspecified atom stereocenters. The molecule has 0 spiro atoms. The molecule has 0 heterocycles. The second-order valence-corrected chi connectivity index (χ2v) is 13.3. The third kappa shape index (κ3) is 6.67. The number of halogens is 4. The molecule has 0 aromatic heterocycles. The average molecular weight is 754 g/mol.